The van der Waals surface area contributed by atoms with Crippen LogP contribution in [0.15, 0.2) is 24.5 Å². The van der Waals surface area contributed by atoms with Gasteiger partial charge >= 0.3 is 0 Å². The molecule has 0 amide bonds. The molecule has 14 heteroatoms. The Hall–Kier alpha value is -2.91. The highest BCUT2D eigenvalue weighted by Gasteiger charge is 2.48. The molecule has 0 bridgehead atoms. The number of benzene rings is 1. The third-order valence-corrected chi connectivity index (χ3v) is 6.97. The van der Waals surface area contributed by atoms with Crippen LogP contribution in [-0.2, 0) is 21.4 Å². The molecule has 36 heavy (non-hydrogen) atoms. The van der Waals surface area contributed by atoms with E-state index in [9.17, 15) is 28.5 Å². The molecule has 3 heterocycles. The van der Waals surface area contributed by atoms with Crippen LogP contribution in [0.2, 0.25) is 0 Å². The van der Waals surface area contributed by atoms with Gasteiger partial charge in [-0.3, -0.25) is 0 Å². The lowest BCUT2D eigenvalue weighted by molar-refractivity contribution is -0.216. The van der Waals surface area contributed by atoms with Gasteiger partial charge in [0, 0.05) is 24.3 Å². The van der Waals surface area contributed by atoms with Gasteiger partial charge < -0.3 is 24.8 Å². The molecule has 3 aromatic rings. The van der Waals surface area contributed by atoms with Crippen LogP contribution < -0.4 is 0 Å². The third-order valence-electron chi connectivity index (χ3n) is 6.97. The highest BCUT2D eigenvalue weighted by atomic mass is 19.2. The van der Waals surface area contributed by atoms with Gasteiger partial charge in [0.1, 0.15) is 36.2 Å². The first-order chi connectivity index (χ1) is 17.3. The predicted octanol–water partition coefficient (Wildman–Crippen LogP) is 0.355. The van der Waals surface area contributed by atoms with Crippen molar-refractivity contribution >= 4 is 0 Å². The summed E-state index contributed by atoms with van der Waals surface area (Å²) < 4.78 is 55.7. The lowest BCUT2D eigenvalue weighted by atomic mass is 9.92. The Bertz CT molecular complexity index is 1230. The van der Waals surface area contributed by atoms with Crippen molar-refractivity contribution in [3.8, 4) is 11.3 Å². The molecule has 1 aliphatic carbocycles. The van der Waals surface area contributed by atoms with E-state index in [-0.39, 0.29) is 29.8 Å². The van der Waals surface area contributed by atoms with Crippen LogP contribution in [-0.4, -0.2) is 90.0 Å². The standard InChI is InChI=1S/C22H25F3N6O5/c1-35-21-14(7-30-8-16(27-28-30)22(10-33)4-5-22)36-15(9-32)20(34)19(21)31-6-13(26-29-31)11-2-3-12(23)18(25)17(11)24/h2-3,6,8,14-15,19-21,32-34H,4-5,7,9-10H2,1H3/t14-,15-,19+,20+,21+/m1/s1. The van der Waals surface area contributed by atoms with Gasteiger partial charge in [0.05, 0.1) is 31.6 Å². The van der Waals surface area contributed by atoms with Crippen molar-refractivity contribution in [3.05, 3.63) is 47.7 Å². The van der Waals surface area contributed by atoms with E-state index < -0.39 is 54.5 Å². The summed E-state index contributed by atoms with van der Waals surface area (Å²) in [5.74, 6) is -4.38. The minimum atomic E-state index is -1.63. The molecule has 5 rings (SSSR count). The Balaban J connectivity index is 1.43. The van der Waals surface area contributed by atoms with Crippen molar-refractivity contribution in [1.82, 2.24) is 30.0 Å². The second kappa shape index (κ2) is 9.52. The summed E-state index contributed by atoms with van der Waals surface area (Å²) >= 11 is 0. The molecule has 1 aliphatic heterocycles. The SMILES string of the molecule is CO[C@@H]1[C@@H](n2cc(-c3ccc(F)c(F)c3F)nn2)[C@@H](O)[C@@H](CO)O[C@@H]1Cn1cc(C2(CO)CC2)nn1. The molecule has 194 valence electrons. The van der Waals surface area contributed by atoms with E-state index in [1.165, 1.54) is 22.7 Å². The van der Waals surface area contributed by atoms with Crippen LogP contribution in [0.5, 0.6) is 0 Å². The van der Waals surface area contributed by atoms with Gasteiger partial charge in [-0.2, -0.15) is 0 Å². The van der Waals surface area contributed by atoms with E-state index in [1.54, 1.807) is 6.20 Å². The highest BCUT2D eigenvalue weighted by Crippen LogP contribution is 2.46. The van der Waals surface area contributed by atoms with E-state index in [1.807, 2.05) is 0 Å². The third kappa shape index (κ3) is 4.18. The second-order valence-electron chi connectivity index (χ2n) is 9.15. The molecule has 0 unspecified atom stereocenters. The Morgan fingerprint density at radius 2 is 1.86 bits per heavy atom. The topological polar surface area (TPSA) is 141 Å². The highest BCUT2D eigenvalue weighted by molar-refractivity contribution is 5.58. The van der Waals surface area contributed by atoms with Gasteiger partial charge in [0.25, 0.3) is 0 Å². The average Bonchev–Trinajstić information content (AvgIpc) is 3.28. The first kappa shape index (κ1) is 24.8. The Labute approximate surface area is 203 Å². The maximum absolute atomic E-state index is 14.3. The fourth-order valence-electron chi connectivity index (χ4n) is 4.64. The zero-order valence-electron chi connectivity index (χ0n) is 19.2. The normalized spacial score (nSPS) is 27.4. The molecule has 2 aliphatic rings. The molecule has 11 nitrogen and oxygen atoms in total. The zero-order chi connectivity index (χ0) is 25.6. The van der Waals surface area contributed by atoms with Crippen molar-refractivity contribution in [3.63, 3.8) is 0 Å². The number of hydrogen-bond donors (Lipinski definition) is 3. The van der Waals surface area contributed by atoms with E-state index in [0.29, 0.717) is 5.69 Å². The summed E-state index contributed by atoms with van der Waals surface area (Å²) in [6.45, 7) is -0.396. The van der Waals surface area contributed by atoms with Crippen LogP contribution in [0.3, 0.4) is 0 Å². The molecule has 0 spiro atoms. The van der Waals surface area contributed by atoms with Gasteiger partial charge in [0.15, 0.2) is 17.5 Å². The van der Waals surface area contributed by atoms with Crippen LogP contribution >= 0.6 is 0 Å². The number of halogens is 3. The average molecular weight is 510 g/mol. The van der Waals surface area contributed by atoms with Crippen molar-refractivity contribution in [2.75, 3.05) is 20.3 Å². The zero-order valence-corrected chi connectivity index (χ0v) is 19.2. The molecule has 2 aromatic heterocycles. The van der Waals surface area contributed by atoms with Gasteiger partial charge in [-0.05, 0) is 25.0 Å². The maximum Gasteiger partial charge on any atom is 0.195 e. The van der Waals surface area contributed by atoms with E-state index in [2.05, 4.69) is 20.6 Å². The van der Waals surface area contributed by atoms with Crippen LogP contribution in [0.4, 0.5) is 13.2 Å². The van der Waals surface area contributed by atoms with Gasteiger partial charge in [-0.15, -0.1) is 10.2 Å². The molecule has 1 saturated carbocycles. The lowest BCUT2D eigenvalue weighted by Crippen LogP contribution is -2.57. The van der Waals surface area contributed by atoms with Gasteiger partial charge in [-0.25, -0.2) is 22.5 Å². The van der Waals surface area contributed by atoms with Crippen molar-refractivity contribution < 1.29 is 38.0 Å². The van der Waals surface area contributed by atoms with Gasteiger partial charge in [-0.1, -0.05) is 10.4 Å². The lowest BCUT2D eigenvalue weighted by Gasteiger charge is -2.43. The Kier molecular flexibility index (Phi) is 6.55. The van der Waals surface area contributed by atoms with Crippen molar-refractivity contribution in [2.45, 2.75) is 55.3 Å². The number of methoxy groups -OCH3 is 1. The predicted molar refractivity (Wildman–Crippen MR) is 115 cm³/mol. The van der Waals surface area contributed by atoms with Crippen LogP contribution in [0.25, 0.3) is 11.3 Å². The molecular formula is C22H25F3N6O5. The smallest absolute Gasteiger partial charge is 0.195 e. The number of rotatable bonds is 8. The van der Waals surface area contributed by atoms with Crippen molar-refractivity contribution in [2.24, 2.45) is 0 Å². The summed E-state index contributed by atoms with van der Waals surface area (Å²) in [5.41, 5.74) is -0.0968. The number of nitrogens with zero attached hydrogens (tertiary/aromatic N) is 6. The molecular weight excluding hydrogens is 485 g/mol. The van der Waals surface area contributed by atoms with E-state index in [4.69, 9.17) is 9.47 Å². The molecule has 1 aromatic carbocycles. The van der Waals surface area contributed by atoms with Gasteiger partial charge in [0.2, 0.25) is 0 Å². The number of aliphatic hydroxyl groups excluding tert-OH is 3. The largest absolute Gasteiger partial charge is 0.395 e. The molecule has 0 radical (unpaired) electrons. The maximum atomic E-state index is 14.3. The molecule has 5 atom stereocenters. The summed E-state index contributed by atoms with van der Waals surface area (Å²) in [4.78, 5) is 0. The van der Waals surface area contributed by atoms with E-state index >= 15 is 0 Å². The van der Waals surface area contributed by atoms with Crippen molar-refractivity contribution in [1.29, 1.82) is 0 Å². The monoisotopic (exact) mass is 510 g/mol. The molecule has 2 fully saturated rings. The Morgan fingerprint density at radius 3 is 2.53 bits per heavy atom. The van der Waals surface area contributed by atoms with Crippen LogP contribution in [0, 0.1) is 17.5 Å². The fraction of sp³-hybridized carbons (Fsp3) is 0.545. The molecule has 3 N–H and O–H groups in total. The minimum Gasteiger partial charge on any atom is -0.395 e. The summed E-state index contributed by atoms with van der Waals surface area (Å²) in [6.07, 6.45) is 0.753. The molecule has 1 saturated heterocycles. The summed E-state index contributed by atoms with van der Waals surface area (Å²) in [7, 11) is 1.41. The number of hydrogen-bond acceptors (Lipinski definition) is 9. The quantitative estimate of drug-likeness (QED) is 0.366. The number of ether oxygens (including phenoxy) is 2. The Morgan fingerprint density at radius 1 is 1.08 bits per heavy atom. The second-order valence-corrected chi connectivity index (χ2v) is 9.15. The first-order valence-electron chi connectivity index (χ1n) is 11.4. The van der Waals surface area contributed by atoms with E-state index in [0.717, 1.165) is 25.0 Å². The number of aliphatic hydroxyl groups is 3. The minimum absolute atomic E-state index is 0.0274. The fourth-order valence-corrected chi connectivity index (χ4v) is 4.64. The van der Waals surface area contributed by atoms with Crippen LogP contribution in [0.1, 0.15) is 24.6 Å². The summed E-state index contributed by atoms with van der Waals surface area (Å²) in [5, 5.41) is 46.5. The summed E-state index contributed by atoms with van der Waals surface area (Å²) in [6, 6.07) is 0.883. The number of aromatic nitrogens is 6. The first-order valence-corrected chi connectivity index (χ1v) is 11.4.